The molecule has 0 radical (unpaired) electrons. The average Bonchev–Trinajstić information content (AvgIpc) is 3.13. The SMILES string of the molecule is C[C@H](NC(=O)[C@H](Cc1ccc(O)cc1)NC(=O)[C@@H]1CCCN1C(N)=O)C(=O)O. The summed E-state index contributed by atoms with van der Waals surface area (Å²) in [5.41, 5.74) is 5.94. The van der Waals surface area contributed by atoms with Crippen molar-refractivity contribution in [3.05, 3.63) is 29.8 Å². The summed E-state index contributed by atoms with van der Waals surface area (Å²) in [6, 6.07) is 2.38. The topological polar surface area (TPSA) is 162 Å². The first-order valence-electron chi connectivity index (χ1n) is 8.86. The van der Waals surface area contributed by atoms with Gasteiger partial charge in [-0.2, -0.15) is 0 Å². The van der Waals surface area contributed by atoms with E-state index in [4.69, 9.17) is 10.8 Å². The van der Waals surface area contributed by atoms with Gasteiger partial charge in [0.15, 0.2) is 0 Å². The van der Waals surface area contributed by atoms with E-state index in [0.717, 1.165) is 0 Å². The molecule has 0 aliphatic carbocycles. The number of hydrogen-bond donors (Lipinski definition) is 5. The Labute approximate surface area is 161 Å². The zero-order valence-electron chi connectivity index (χ0n) is 15.4. The molecule has 0 bridgehead atoms. The van der Waals surface area contributed by atoms with Crippen molar-refractivity contribution in [1.82, 2.24) is 15.5 Å². The van der Waals surface area contributed by atoms with Crippen LogP contribution in [0.3, 0.4) is 0 Å². The second kappa shape index (κ2) is 9.07. The summed E-state index contributed by atoms with van der Waals surface area (Å²) in [6.45, 7) is 1.67. The van der Waals surface area contributed by atoms with Crippen molar-refractivity contribution in [2.24, 2.45) is 5.73 Å². The summed E-state index contributed by atoms with van der Waals surface area (Å²) >= 11 is 0. The van der Waals surface area contributed by atoms with Gasteiger partial charge >= 0.3 is 12.0 Å². The number of carbonyl (C=O) groups is 4. The third-order valence-electron chi connectivity index (χ3n) is 4.58. The normalized spacial score (nSPS) is 18.2. The van der Waals surface area contributed by atoms with Gasteiger partial charge in [-0.25, -0.2) is 4.79 Å². The molecule has 1 saturated heterocycles. The van der Waals surface area contributed by atoms with Gasteiger partial charge < -0.3 is 31.5 Å². The summed E-state index contributed by atoms with van der Waals surface area (Å²) in [4.78, 5) is 48.9. The smallest absolute Gasteiger partial charge is 0.325 e. The van der Waals surface area contributed by atoms with Crippen molar-refractivity contribution in [2.75, 3.05) is 6.54 Å². The second-order valence-electron chi connectivity index (χ2n) is 6.69. The number of primary amides is 1. The predicted octanol–water partition coefficient (Wildman–Crippen LogP) is -0.448. The van der Waals surface area contributed by atoms with Gasteiger partial charge in [-0.1, -0.05) is 12.1 Å². The first kappa shape index (κ1) is 21.0. The van der Waals surface area contributed by atoms with Gasteiger partial charge in [-0.05, 0) is 37.5 Å². The highest BCUT2D eigenvalue weighted by atomic mass is 16.4. The van der Waals surface area contributed by atoms with Crippen LogP contribution < -0.4 is 16.4 Å². The number of hydrogen-bond acceptors (Lipinski definition) is 5. The fraction of sp³-hybridized carbons (Fsp3) is 0.444. The van der Waals surface area contributed by atoms with Gasteiger partial charge in [0, 0.05) is 13.0 Å². The molecule has 3 atom stereocenters. The molecule has 0 unspecified atom stereocenters. The Balaban J connectivity index is 2.15. The maximum absolute atomic E-state index is 12.6. The van der Waals surface area contributed by atoms with Crippen molar-refractivity contribution in [3.63, 3.8) is 0 Å². The van der Waals surface area contributed by atoms with E-state index in [1.54, 1.807) is 12.1 Å². The van der Waals surface area contributed by atoms with Crippen LogP contribution in [0.25, 0.3) is 0 Å². The Bertz CT molecular complexity index is 751. The van der Waals surface area contributed by atoms with Gasteiger partial charge in [-0.15, -0.1) is 0 Å². The number of carbonyl (C=O) groups excluding carboxylic acids is 3. The maximum atomic E-state index is 12.6. The summed E-state index contributed by atoms with van der Waals surface area (Å²) in [6.07, 6.45) is 1.12. The number of phenolic OH excluding ortho intramolecular Hbond substituents is 1. The molecule has 4 amide bonds. The molecule has 0 spiro atoms. The lowest BCUT2D eigenvalue weighted by molar-refractivity contribution is -0.141. The van der Waals surface area contributed by atoms with Crippen molar-refractivity contribution in [2.45, 2.75) is 44.3 Å². The Kier molecular flexibility index (Phi) is 6.80. The van der Waals surface area contributed by atoms with Crippen molar-refractivity contribution in [3.8, 4) is 5.75 Å². The standard InChI is InChI=1S/C18H24N4O6/c1-10(17(26)27)20-15(24)13(9-11-4-6-12(23)7-5-11)21-16(25)14-3-2-8-22(14)18(19)28/h4-7,10,13-14,23H,2-3,8-9H2,1H3,(H2,19,28)(H,20,24)(H,21,25)(H,26,27)/t10-,13-,14-/m0/s1. The minimum absolute atomic E-state index is 0.0522. The Hall–Kier alpha value is -3.30. The largest absolute Gasteiger partial charge is 0.508 e. The molecule has 10 heteroatoms. The maximum Gasteiger partial charge on any atom is 0.325 e. The number of urea groups is 1. The number of amides is 4. The summed E-state index contributed by atoms with van der Waals surface area (Å²) in [5, 5.41) is 23.3. The predicted molar refractivity (Wildman–Crippen MR) is 98.3 cm³/mol. The molecule has 1 heterocycles. The molecular formula is C18H24N4O6. The van der Waals surface area contributed by atoms with Gasteiger partial charge in [0.2, 0.25) is 11.8 Å². The molecule has 1 aromatic carbocycles. The lowest BCUT2D eigenvalue weighted by Gasteiger charge is -2.25. The molecule has 10 nitrogen and oxygen atoms in total. The minimum Gasteiger partial charge on any atom is -0.508 e. The zero-order valence-corrected chi connectivity index (χ0v) is 15.4. The van der Waals surface area contributed by atoms with Crippen LogP contribution in [-0.4, -0.2) is 63.6 Å². The average molecular weight is 392 g/mol. The summed E-state index contributed by atoms with van der Waals surface area (Å²) < 4.78 is 0. The fourth-order valence-electron chi connectivity index (χ4n) is 3.02. The van der Waals surface area contributed by atoms with Crippen LogP contribution in [0.5, 0.6) is 5.75 Å². The number of nitrogens with one attached hydrogen (secondary N) is 2. The summed E-state index contributed by atoms with van der Waals surface area (Å²) in [5.74, 6) is -2.35. The van der Waals surface area contributed by atoms with Crippen LogP contribution in [-0.2, 0) is 20.8 Å². The van der Waals surface area contributed by atoms with E-state index in [2.05, 4.69) is 10.6 Å². The van der Waals surface area contributed by atoms with Gasteiger partial charge in [0.25, 0.3) is 0 Å². The van der Waals surface area contributed by atoms with Crippen molar-refractivity contribution >= 4 is 23.8 Å². The van der Waals surface area contributed by atoms with Gasteiger partial charge in [-0.3, -0.25) is 14.4 Å². The first-order chi connectivity index (χ1) is 13.2. The fourth-order valence-corrected chi connectivity index (χ4v) is 3.02. The Morgan fingerprint density at radius 3 is 2.43 bits per heavy atom. The molecule has 1 aromatic rings. The van der Waals surface area contributed by atoms with E-state index >= 15 is 0 Å². The molecule has 0 saturated carbocycles. The number of nitrogens with two attached hydrogens (primary N) is 1. The van der Waals surface area contributed by atoms with E-state index in [1.807, 2.05) is 0 Å². The molecule has 1 aliphatic rings. The molecule has 28 heavy (non-hydrogen) atoms. The number of rotatable bonds is 7. The number of carboxylic acid groups (broad SMARTS) is 1. The van der Waals surface area contributed by atoms with E-state index < -0.39 is 41.9 Å². The lowest BCUT2D eigenvalue weighted by Crippen LogP contribution is -2.56. The Morgan fingerprint density at radius 1 is 1.21 bits per heavy atom. The number of nitrogens with zero attached hydrogens (tertiary/aromatic N) is 1. The van der Waals surface area contributed by atoms with Crippen LogP contribution >= 0.6 is 0 Å². The monoisotopic (exact) mass is 392 g/mol. The van der Waals surface area contributed by atoms with Crippen LogP contribution in [0.4, 0.5) is 4.79 Å². The van der Waals surface area contributed by atoms with E-state index in [9.17, 15) is 24.3 Å². The number of aromatic hydroxyl groups is 1. The first-order valence-corrected chi connectivity index (χ1v) is 8.86. The molecule has 152 valence electrons. The molecule has 1 fully saturated rings. The third-order valence-corrected chi connectivity index (χ3v) is 4.58. The zero-order chi connectivity index (χ0) is 20.8. The molecule has 1 aliphatic heterocycles. The van der Waals surface area contributed by atoms with Crippen LogP contribution in [0, 0.1) is 0 Å². The molecule has 6 N–H and O–H groups in total. The quantitative estimate of drug-likeness (QED) is 0.422. The van der Waals surface area contributed by atoms with Crippen molar-refractivity contribution in [1.29, 1.82) is 0 Å². The van der Waals surface area contributed by atoms with Gasteiger partial charge in [0.05, 0.1) is 0 Å². The van der Waals surface area contributed by atoms with Gasteiger partial charge in [0.1, 0.15) is 23.9 Å². The highest BCUT2D eigenvalue weighted by Crippen LogP contribution is 2.17. The lowest BCUT2D eigenvalue weighted by atomic mass is 10.0. The van der Waals surface area contributed by atoms with Crippen LogP contribution in [0.2, 0.25) is 0 Å². The molecule has 2 rings (SSSR count). The highest BCUT2D eigenvalue weighted by Gasteiger charge is 2.35. The number of phenols is 1. The van der Waals surface area contributed by atoms with Crippen LogP contribution in [0.1, 0.15) is 25.3 Å². The molecular weight excluding hydrogens is 368 g/mol. The molecule has 0 aromatic heterocycles. The summed E-state index contributed by atoms with van der Waals surface area (Å²) in [7, 11) is 0. The Morgan fingerprint density at radius 2 is 1.86 bits per heavy atom. The number of aliphatic carboxylic acids is 1. The highest BCUT2D eigenvalue weighted by molar-refractivity contribution is 5.93. The van der Waals surface area contributed by atoms with E-state index in [0.29, 0.717) is 24.9 Å². The minimum atomic E-state index is -1.21. The second-order valence-corrected chi connectivity index (χ2v) is 6.69. The third kappa shape index (κ3) is 5.35. The number of likely N-dealkylation sites (tertiary alicyclic amines) is 1. The number of carboxylic acids is 1. The van der Waals surface area contributed by atoms with E-state index in [1.165, 1.54) is 24.0 Å². The van der Waals surface area contributed by atoms with Crippen LogP contribution in [0.15, 0.2) is 24.3 Å². The van der Waals surface area contributed by atoms with Crippen molar-refractivity contribution < 1.29 is 29.4 Å². The van der Waals surface area contributed by atoms with E-state index in [-0.39, 0.29) is 12.2 Å². The number of benzene rings is 1.